The predicted octanol–water partition coefficient (Wildman–Crippen LogP) is 2.41. The number of carbonyl (C=O) groups is 1. The number of carboxylic acid groups (broad SMARTS) is 1. The average Bonchev–Trinajstić information content (AvgIpc) is 2.26. The van der Waals surface area contributed by atoms with E-state index < -0.39 is 18.1 Å². The van der Waals surface area contributed by atoms with Crippen molar-refractivity contribution in [2.24, 2.45) is 0 Å². The smallest absolute Gasteiger partial charge is 0.307 e. The lowest BCUT2D eigenvalue weighted by molar-refractivity contribution is -0.136. The zero-order valence-electron chi connectivity index (χ0n) is 8.45. The summed E-state index contributed by atoms with van der Waals surface area (Å²) < 4.78 is 25.2. The Morgan fingerprint density at radius 1 is 1.65 bits per heavy atom. The Hall–Kier alpha value is -1.55. The Morgan fingerprint density at radius 3 is 2.71 bits per heavy atom. The second-order valence-electron chi connectivity index (χ2n) is 3.14. The second kappa shape index (κ2) is 5.68. The summed E-state index contributed by atoms with van der Waals surface area (Å²) in [6.45, 7) is 0. The van der Waals surface area contributed by atoms with Crippen LogP contribution >= 0.6 is 15.9 Å². The minimum atomic E-state index is -2.86. The molecule has 0 spiro atoms. The zero-order valence-corrected chi connectivity index (χ0v) is 10.0. The highest BCUT2D eigenvalue weighted by molar-refractivity contribution is 9.08. The summed E-state index contributed by atoms with van der Waals surface area (Å²) in [5, 5.41) is 17.6. The van der Waals surface area contributed by atoms with Crippen molar-refractivity contribution in [3.8, 4) is 6.07 Å². The summed E-state index contributed by atoms with van der Waals surface area (Å²) in [6, 6.07) is 1.64. The predicted molar refractivity (Wildman–Crippen MR) is 57.9 cm³/mol. The summed E-state index contributed by atoms with van der Waals surface area (Å²) in [6.07, 6.45) is -2.14. The molecule has 0 atom stereocenters. The van der Waals surface area contributed by atoms with Gasteiger partial charge in [-0.15, -0.1) is 0 Å². The first-order valence-corrected chi connectivity index (χ1v) is 5.60. The summed E-state index contributed by atoms with van der Waals surface area (Å²) in [5.74, 6) is -1.11. The van der Waals surface area contributed by atoms with Gasteiger partial charge in [-0.2, -0.15) is 5.26 Å². The van der Waals surface area contributed by atoms with Gasteiger partial charge in [0.15, 0.2) is 0 Å². The van der Waals surface area contributed by atoms with Gasteiger partial charge in [0.25, 0.3) is 6.43 Å². The number of aromatic nitrogens is 1. The zero-order chi connectivity index (χ0) is 13.0. The molecule has 0 fully saturated rings. The topological polar surface area (TPSA) is 74.0 Å². The molecule has 0 aliphatic heterocycles. The quantitative estimate of drug-likeness (QED) is 0.867. The SMILES string of the molecule is N#Cc1c(C(F)F)ncc(CC(=O)O)c1CBr. The molecule has 0 aliphatic rings. The summed E-state index contributed by atoms with van der Waals surface area (Å²) in [7, 11) is 0. The van der Waals surface area contributed by atoms with E-state index in [1.807, 2.05) is 0 Å². The minimum absolute atomic E-state index is 0.126. The molecule has 0 bridgehead atoms. The number of nitriles is 1. The lowest BCUT2D eigenvalue weighted by Crippen LogP contribution is -2.08. The van der Waals surface area contributed by atoms with Crippen LogP contribution in [0.3, 0.4) is 0 Å². The van der Waals surface area contributed by atoms with Crippen molar-refractivity contribution in [3.05, 3.63) is 28.6 Å². The molecule has 17 heavy (non-hydrogen) atoms. The number of pyridine rings is 1. The first-order chi connectivity index (χ1) is 8.01. The van der Waals surface area contributed by atoms with Crippen molar-refractivity contribution in [3.63, 3.8) is 0 Å². The van der Waals surface area contributed by atoms with Crippen LogP contribution in [0.2, 0.25) is 0 Å². The molecule has 0 saturated carbocycles. The summed E-state index contributed by atoms with van der Waals surface area (Å²) in [5.41, 5.74) is -0.359. The van der Waals surface area contributed by atoms with E-state index in [1.54, 1.807) is 6.07 Å². The molecule has 0 saturated heterocycles. The molecule has 0 amide bonds. The standard InChI is InChI=1S/C10H7BrF2N2O2/c11-2-6-5(1-8(16)17)4-15-9(10(12)13)7(6)3-14/h4,10H,1-2H2,(H,16,17). The van der Waals surface area contributed by atoms with Crippen LogP contribution in [0.1, 0.15) is 28.8 Å². The second-order valence-corrected chi connectivity index (χ2v) is 3.70. The Labute approximate surface area is 104 Å². The van der Waals surface area contributed by atoms with Crippen LogP contribution in [0.15, 0.2) is 6.20 Å². The van der Waals surface area contributed by atoms with Gasteiger partial charge in [0.05, 0.1) is 12.0 Å². The molecule has 1 aromatic heterocycles. The maximum atomic E-state index is 12.6. The van der Waals surface area contributed by atoms with E-state index >= 15 is 0 Å². The van der Waals surface area contributed by atoms with Gasteiger partial charge in [-0.25, -0.2) is 8.78 Å². The number of nitrogens with zero attached hydrogens (tertiary/aromatic N) is 2. The van der Waals surface area contributed by atoms with E-state index in [0.29, 0.717) is 0 Å². The van der Waals surface area contributed by atoms with Gasteiger partial charge in [0.1, 0.15) is 11.8 Å². The molecule has 90 valence electrons. The van der Waals surface area contributed by atoms with Crippen molar-refractivity contribution in [2.45, 2.75) is 18.2 Å². The largest absolute Gasteiger partial charge is 0.481 e. The molecule has 4 nitrogen and oxygen atoms in total. The Morgan fingerprint density at radius 2 is 2.29 bits per heavy atom. The lowest BCUT2D eigenvalue weighted by Gasteiger charge is -2.10. The monoisotopic (exact) mass is 304 g/mol. The molecule has 1 rings (SSSR count). The molecule has 0 radical (unpaired) electrons. The van der Waals surface area contributed by atoms with Gasteiger partial charge in [0, 0.05) is 11.5 Å². The highest BCUT2D eigenvalue weighted by atomic mass is 79.9. The lowest BCUT2D eigenvalue weighted by atomic mass is 10.0. The van der Waals surface area contributed by atoms with Gasteiger partial charge in [-0.1, -0.05) is 15.9 Å². The molecular formula is C10H7BrF2N2O2. The molecule has 1 heterocycles. The number of alkyl halides is 3. The van der Waals surface area contributed by atoms with Crippen molar-refractivity contribution in [2.75, 3.05) is 0 Å². The van der Waals surface area contributed by atoms with Crippen molar-refractivity contribution in [1.29, 1.82) is 5.26 Å². The van der Waals surface area contributed by atoms with Gasteiger partial charge in [0.2, 0.25) is 0 Å². The van der Waals surface area contributed by atoms with E-state index in [4.69, 9.17) is 10.4 Å². The molecule has 1 N–H and O–H groups in total. The number of rotatable bonds is 4. The van der Waals surface area contributed by atoms with E-state index in [2.05, 4.69) is 20.9 Å². The average molecular weight is 305 g/mol. The van der Waals surface area contributed by atoms with Gasteiger partial charge >= 0.3 is 5.97 Å². The first-order valence-electron chi connectivity index (χ1n) is 4.47. The first kappa shape index (κ1) is 13.5. The minimum Gasteiger partial charge on any atom is -0.481 e. The van der Waals surface area contributed by atoms with E-state index in [-0.39, 0.29) is 28.4 Å². The number of hydrogen-bond donors (Lipinski definition) is 1. The van der Waals surface area contributed by atoms with Crippen LogP contribution in [-0.2, 0) is 16.5 Å². The van der Waals surface area contributed by atoms with Crippen LogP contribution < -0.4 is 0 Å². The van der Waals surface area contributed by atoms with Gasteiger partial charge in [-0.3, -0.25) is 9.78 Å². The molecule has 0 aliphatic carbocycles. The van der Waals surface area contributed by atoms with Crippen LogP contribution in [0.25, 0.3) is 0 Å². The fraction of sp³-hybridized carbons (Fsp3) is 0.300. The third kappa shape index (κ3) is 2.97. The molecule has 0 aromatic carbocycles. The highest BCUT2D eigenvalue weighted by Crippen LogP contribution is 2.26. The molecule has 0 unspecified atom stereocenters. The normalized spacial score (nSPS) is 10.3. The van der Waals surface area contributed by atoms with Crippen LogP contribution in [0.4, 0.5) is 8.78 Å². The van der Waals surface area contributed by atoms with Crippen molar-refractivity contribution >= 4 is 21.9 Å². The number of hydrogen-bond acceptors (Lipinski definition) is 3. The molecule has 7 heteroatoms. The fourth-order valence-corrected chi connectivity index (χ4v) is 2.00. The Balaban J connectivity index is 3.38. The number of halogens is 3. The van der Waals surface area contributed by atoms with E-state index in [1.165, 1.54) is 0 Å². The molecular weight excluding hydrogens is 298 g/mol. The van der Waals surface area contributed by atoms with Gasteiger partial charge in [-0.05, 0) is 11.1 Å². The third-order valence-corrected chi connectivity index (χ3v) is 2.66. The van der Waals surface area contributed by atoms with E-state index in [0.717, 1.165) is 6.20 Å². The Kier molecular flexibility index (Phi) is 4.52. The fourth-order valence-electron chi connectivity index (χ4n) is 1.36. The van der Waals surface area contributed by atoms with Crippen LogP contribution in [0, 0.1) is 11.3 Å². The summed E-state index contributed by atoms with van der Waals surface area (Å²) >= 11 is 3.06. The molecule has 1 aromatic rings. The maximum Gasteiger partial charge on any atom is 0.307 e. The number of carboxylic acids is 1. The summed E-state index contributed by atoms with van der Waals surface area (Å²) in [4.78, 5) is 14.0. The van der Waals surface area contributed by atoms with E-state index in [9.17, 15) is 13.6 Å². The van der Waals surface area contributed by atoms with Crippen LogP contribution in [-0.4, -0.2) is 16.1 Å². The Bertz CT molecular complexity index is 486. The maximum absolute atomic E-state index is 12.6. The van der Waals surface area contributed by atoms with Crippen molar-refractivity contribution < 1.29 is 18.7 Å². The van der Waals surface area contributed by atoms with Crippen molar-refractivity contribution in [1.82, 2.24) is 4.98 Å². The van der Waals surface area contributed by atoms with Crippen LogP contribution in [0.5, 0.6) is 0 Å². The van der Waals surface area contributed by atoms with Gasteiger partial charge < -0.3 is 5.11 Å². The third-order valence-electron chi connectivity index (χ3n) is 2.10. The number of aliphatic carboxylic acids is 1. The highest BCUT2D eigenvalue weighted by Gasteiger charge is 2.21.